The first kappa shape index (κ1) is 25.0. The molecule has 3 heterocycles. The molecule has 3 aromatic rings. The van der Waals surface area contributed by atoms with Gasteiger partial charge in [-0.1, -0.05) is 29.3 Å². The molecular formula is C25H27Cl2N5O3. The Morgan fingerprint density at radius 1 is 0.971 bits per heavy atom. The van der Waals surface area contributed by atoms with E-state index in [4.69, 9.17) is 32.7 Å². The van der Waals surface area contributed by atoms with Crippen LogP contribution in [0.15, 0.2) is 49.1 Å². The summed E-state index contributed by atoms with van der Waals surface area (Å²) < 4.78 is 11.3. The van der Waals surface area contributed by atoms with Crippen LogP contribution < -0.4 is 9.64 Å². The molecule has 0 atom stereocenters. The third-order valence-electron chi connectivity index (χ3n) is 5.31. The van der Waals surface area contributed by atoms with Gasteiger partial charge in [0.1, 0.15) is 18.0 Å². The van der Waals surface area contributed by atoms with Crippen LogP contribution in [-0.2, 0) is 11.3 Å². The van der Waals surface area contributed by atoms with Crippen LogP contribution in [0.1, 0.15) is 26.3 Å². The summed E-state index contributed by atoms with van der Waals surface area (Å²) in [5, 5.41) is 1.13. The van der Waals surface area contributed by atoms with Crippen LogP contribution in [0.25, 0.3) is 11.1 Å². The van der Waals surface area contributed by atoms with Crippen molar-refractivity contribution in [2.75, 3.05) is 31.1 Å². The second kappa shape index (κ2) is 10.7. The third kappa shape index (κ3) is 6.74. The van der Waals surface area contributed by atoms with Crippen LogP contribution in [0.2, 0.25) is 10.0 Å². The number of amides is 1. The smallest absolute Gasteiger partial charge is 0.410 e. The molecule has 0 unspecified atom stereocenters. The van der Waals surface area contributed by atoms with Gasteiger partial charge in [0.2, 0.25) is 5.95 Å². The van der Waals surface area contributed by atoms with Gasteiger partial charge < -0.3 is 19.3 Å². The van der Waals surface area contributed by atoms with Crippen LogP contribution in [0.4, 0.5) is 10.7 Å². The first-order valence-corrected chi connectivity index (χ1v) is 12.0. The van der Waals surface area contributed by atoms with E-state index in [9.17, 15) is 4.79 Å². The van der Waals surface area contributed by atoms with Crippen LogP contribution in [0, 0.1) is 0 Å². The monoisotopic (exact) mass is 515 g/mol. The van der Waals surface area contributed by atoms with Crippen molar-refractivity contribution >= 4 is 35.2 Å². The Kier molecular flexibility index (Phi) is 7.62. The molecule has 0 N–H and O–H groups in total. The number of benzene rings is 1. The molecule has 1 fully saturated rings. The highest BCUT2D eigenvalue weighted by atomic mass is 35.5. The molecule has 1 saturated heterocycles. The SMILES string of the molecule is CC(C)(C)OC(=O)N1CCN(c2ncc(-c3cncc(OCc4ccc(Cl)cc4Cl)c3)cn2)CC1. The van der Waals surface area contributed by atoms with Gasteiger partial charge in [0.15, 0.2) is 0 Å². The lowest BCUT2D eigenvalue weighted by Gasteiger charge is -2.35. The number of piperazine rings is 1. The summed E-state index contributed by atoms with van der Waals surface area (Å²) in [4.78, 5) is 29.4. The van der Waals surface area contributed by atoms with E-state index in [1.807, 2.05) is 32.9 Å². The third-order valence-corrected chi connectivity index (χ3v) is 5.90. The highest BCUT2D eigenvalue weighted by Gasteiger charge is 2.26. The van der Waals surface area contributed by atoms with Crippen molar-refractivity contribution in [1.82, 2.24) is 19.9 Å². The first-order chi connectivity index (χ1) is 16.7. The number of nitrogens with zero attached hydrogens (tertiary/aromatic N) is 5. The van der Waals surface area contributed by atoms with Crippen molar-refractivity contribution in [3.8, 4) is 16.9 Å². The number of ether oxygens (including phenoxy) is 2. The van der Waals surface area contributed by atoms with E-state index < -0.39 is 5.60 Å². The average molecular weight is 516 g/mol. The van der Waals surface area contributed by atoms with Crippen LogP contribution >= 0.6 is 23.2 Å². The zero-order valence-electron chi connectivity index (χ0n) is 19.9. The molecule has 0 bridgehead atoms. The van der Waals surface area contributed by atoms with Crippen LogP contribution in [-0.4, -0.2) is 57.7 Å². The number of pyridine rings is 1. The molecule has 0 saturated carbocycles. The molecule has 8 nitrogen and oxygen atoms in total. The molecule has 10 heteroatoms. The fourth-order valence-corrected chi connectivity index (χ4v) is 3.97. The van der Waals surface area contributed by atoms with Gasteiger partial charge in [-0.15, -0.1) is 0 Å². The Morgan fingerprint density at radius 2 is 1.69 bits per heavy atom. The van der Waals surface area contributed by atoms with E-state index in [0.29, 0.717) is 54.5 Å². The number of carbonyl (C=O) groups excluding carboxylic acids is 1. The van der Waals surface area contributed by atoms with Crippen molar-refractivity contribution in [2.45, 2.75) is 33.0 Å². The van der Waals surface area contributed by atoms with Gasteiger partial charge in [-0.25, -0.2) is 14.8 Å². The fourth-order valence-electron chi connectivity index (χ4n) is 3.50. The fraction of sp³-hybridized carbons (Fsp3) is 0.360. The Bertz CT molecular complexity index is 1180. The molecule has 35 heavy (non-hydrogen) atoms. The zero-order valence-corrected chi connectivity index (χ0v) is 21.4. The highest BCUT2D eigenvalue weighted by Crippen LogP contribution is 2.26. The van der Waals surface area contributed by atoms with Crippen molar-refractivity contribution in [3.63, 3.8) is 0 Å². The molecule has 1 aromatic carbocycles. The number of carbonyl (C=O) groups is 1. The Labute approximate surface area is 214 Å². The maximum atomic E-state index is 12.3. The minimum absolute atomic E-state index is 0.290. The number of halogens is 2. The predicted molar refractivity (Wildman–Crippen MR) is 136 cm³/mol. The lowest BCUT2D eigenvalue weighted by atomic mass is 10.1. The summed E-state index contributed by atoms with van der Waals surface area (Å²) in [6.45, 7) is 8.27. The topological polar surface area (TPSA) is 80.7 Å². The van der Waals surface area contributed by atoms with Gasteiger partial charge in [0, 0.05) is 71.5 Å². The Balaban J connectivity index is 1.35. The summed E-state index contributed by atoms with van der Waals surface area (Å²) in [5.74, 6) is 1.23. The predicted octanol–water partition coefficient (Wildman–Crippen LogP) is 5.48. The van der Waals surface area contributed by atoms with E-state index in [1.54, 1.807) is 41.8 Å². The largest absolute Gasteiger partial charge is 0.487 e. The number of aromatic nitrogens is 3. The van der Waals surface area contributed by atoms with Gasteiger partial charge in [-0.3, -0.25) is 4.98 Å². The molecule has 4 rings (SSSR count). The lowest BCUT2D eigenvalue weighted by Crippen LogP contribution is -2.50. The van der Waals surface area contributed by atoms with E-state index in [1.165, 1.54) is 0 Å². The quantitative estimate of drug-likeness (QED) is 0.444. The Hall–Kier alpha value is -3.10. The van der Waals surface area contributed by atoms with Gasteiger partial charge in [0.25, 0.3) is 0 Å². The summed E-state index contributed by atoms with van der Waals surface area (Å²) in [6.07, 6.45) is 6.62. The molecule has 0 aliphatic carbocycles. The van der Waals surface area contributed by atoms with E-state index in [2.05, 4.69) is 19.9 Å². The zero-order chi connectivity index (χ0) is 25.0. The minimum Gasteiger partial charge on any atom is -0.487 e. The van der Waals surface area contributed by atoms with Gasteiger partial charge in [-0.2, -0.15) is 0 Å². The lowest BCUT2D eigenvalue weighted by molar-refractivity contribution is 0.0240. The van der Waals surface area contributed by atoms with Crippen molar-refractivity contribution < 1.29 is 14.3 Å². The summed E-state index contributed by atoms with van der Waals surface area (Å²) in [7, 11) is 0. The van der Waals surface area contributed by atoms with Crippen molar-refractivity contribution in [2.24, 2.45) is 0 Å². The molecule has 0 spiro atoms. The summed E-state index contributed by atoms with van der Waals surface area (Å²) in [5.41, 5.74) is 1.99. The molecular weight excluding hydrogens is 489 g/mol. The van der Waals surface area contributed by atoms with E-state index in [-0.39, 0.29) is 6.09 Å². The number of anilines is 1. The standard InChI is InChI=1S/C25H27Cl2N5O3/c1-25(2,3)35-24(33)32-8-6-31(7-9-32)23-29-13-19(14-30-23)18-10-21(15-28-12-18)34-16-17-4-5-20(26)11-22(17)27/h4-5,10-15H,6-9,16H2,1-3H3. The normalized spacial score (nSPS) is 14.1. The maximum absolute atomic E-state index is 12.3. The first-order valence-electron chi connectivity index (χ1n) is 11.2. The maximum Gasteiger partial charge on any atom is 0.410 e. The molecule has 1 amide bonds. The Morgan fingerprint density at radius 3 is 2.34 bits per heavy atom. The molecule has 184 valence electrons. The van der Waals surface area contributed by atoms with Crippen LogP contribution in [0.3, 0.4) is 0 Å². The number of hydrogen-bond acceptors (Lipinski definition) is 7. The van der Waals surface area contributed by atoms with E-state index in [0.717, 1.165) is 16.7 Å². The summed E-state index contributed by atoms with van der Waals surface area (Å²) in [6, 6.07) is 7.18. The second-order valence-electron chi connectivity index (χ2n) is 9.16. The van der Waals surface area contributed by atoms with Crippen molar-refractivity contribution in [1.29, 1.82) is 0 Å². The second-order valence-corrected chi connectivity index (χ2v) is 10.0. The number of hydrogen-bond donors (Lipinski definition) is 0. The summed E-state index contributed by atoms with van der Waals surface area (Å²) >= 11 is 12.2. The van der Waals surface area contributed by atoms with E-state index >= 15 is 0 Å². The number of rotatable bonds is 5. The minimum atomic E-state index is -0.507. The molecule has 0 radical (unpaired) electrons. The molecule has 1 aliphatic rings. The van der Waals surface area contributed by atoms with Crippen LogP contribution in [0.5, 0.6) is 5.75 Å². The van der Waals surface area contributed by atoms with Gasteiger partial charge in [-0.05, 0) is 39.0 Å². The highest BCUT2D eigenvalue weighted by molar-refractivity contribution is 6.35. The average Bonchev–Trinajstić information content (AvgIpc) is 2.83. The van der Waals surface area contributed by atoms with Crippen molar-refractivity contribution in [3.05, 3.63) is 64.7 Å². The van der Waals surface area contributed by atoms with Gasteiger partial charge >= 0.3 is 6.09 Å². The van der Waals surface area contributed by atoms with Gasteiger partial charge in [0.05, 0.1) is 6.20 Å². The molecule has 2 aromatic heterocycles. The molecule has 1 aliphatic heterocycles.